The Hall–Kier alpha value is -0.860. The topological polar surface area (TPSA) is 54.4 Å². The lowest BCUT2D eigenvalue weighted by molar-refractivity contribution is -0.144. The average molecular weight is 156 g/mol. The lowest BCUT2D eigenvalue weighted by Gasteiger charge is -2.01. The molecule has 0 aromatic heterocycles. The molecular formula is C8H12O3. The van der Waals surface area contributed by atoms with E-state index in [9.17, 15) is 9.59 Å². The number of carbonyl (C=O) groups is 2. The summed E-state index contributed by atoms with van der Waals surface area (Å²) in [6, 6.07) is 0. The van der Waals surface area contributed by atoms with Crippen LogP contribution in [0.4, 0.5) is 0 Å². The van der Waals surface area contributed by atoms with Crippen molar-refractivity contribution < 1.29 is 14.7 Å². The second-order valence-corrected chi connectivity index (χ2v) is 3.30. The fourth-order valence-corrected chi connectivity index (χ4v) is 1.32. The molecule has 0 radical (unpaired) electrons. The van der Waals surface area contributed by atoms with E-state index in [4.69, 9.17) is 5.11 Å². The zero-order valence-electron chi connectivity index (χ0n) is 6.76. The maximum absolute atomic E-state index is 11.0. The van der Waals surface area contributed by atoms with E-state index in [1.807, 2.05) is 0 Å². The molecule has 3 nitrogen and oxygen atoms in total. The van der Waals surface area contributed by atoms with Crippen molar-refractivity contribution in [3.8, 4) is 0 Å². The third-order valence-corrected chi connectivity index (χ3v) is 2.46. The van der Waals surface area contributed by atoms with Crippen LogP contribution in [0.5, 0.6) is 0 Å². The molecule has 2 unspecified atom stereocenters. The highest BCUT2D eigenvalue weighted by Crippen LogP contribution is 2.53. The Morgan fingerprint density at radius 1 is 1.64 bits per heavy atom. The number of hydrogen-bond acceptors (Lipinski definition) is 2. The van der Waals surface area contributed by atoms with E-state index in [2.05, 4.69) is 0 Å². The van der Waals surface area contributed by atoms with Crippen LogP contribution >= 0.6 is 0 Å². The number of carboxylic acids is 1. The number of aliphatic carboxylic acids is 1. The molecule has 3 heteroatoms. The molecule has 62 valence electrons. The van der Waals surface area contributed by atoms with Crippen molar-refractivity contribution in [2.75, 3.05) is 0 Å². The second kappa shape index (κ2) is 2.32. The largest absolute Gasteiger partial charge is 0.481 e. The highest BCUT2D eigenvalue weighted by atomic mass is 16.4. The quantitative estimate of drug-likeness (QED) is 0.665. The van der Waals surface area contributed by atoms with Crippen molar-refractivity contribution in [3.05, 3.63) is 0 Å². The first-order valence-corrected chi connectivity index (χ1v) is 3.78. The van der Waals surface area contributed by atoms with Crippen molar-refractivity contribution in [3.63, 3.8) is 0 Å². The summed E-state index contributed by atoms with van der Waals surface area (Å²) in [5, 5.41) is 8.68. The van der Waals surface area contributed by atoms with Gasteiger partial charge in [0.15, 0.2) is 0 Å². The molecule has 0 aromatic carbocycles. The van der Waals surface area contributed by atoms with E-state index in [-0.39, 0.29) is 11.7 Å². The Morgan fingerprint density at radius 2 is 2.18 bits per heavy atom. The minimum Gasteiger partial charge on any atom is -0.481 e. The first-order chi connectivity index (χ1) is 5.02. The lowest BCUT2D eigenvalue weighted by atomic mass is 10.0. The van der Waals surface area contributed by atoms with Crippen LogP contribution in [0.1, 0.15) is 26.7 Å². The monoisotopic (exact) mass is 156 g/mol. The zero-order valence-corrected chi connectivity index (χ0v) is 6.76. The Labute approximate surface area is 65.4 Å². The van der Waals surface area contributed by atoms with Gasteiger partial charge in [-0.25, -0.2) is 0 Å². The molecule has 0 saturated heterocycles. The van der Waals surface area contributed by atoms with Crippen molar-refractivity contribution in [1.82, 2.24) is 0 Å². The number of ketones is 1. The van der Waals surface area contributed by atoms with Gasteiger partial charge in [0.2, 0.25) is 0 Å². The van der Waals surface area contributed by atoms with Gasteiger partial charge in [0.1, 0.15) is 5.78 Å². The molecule has 11 heavy (non-hydrogen) atoms. The maximum atomic E-state index is 11.0. The molecule has 2 atom stereocenters. The van der Waals surface area contributed by atoms with Gasteiger partial charge in [0.25, 0.3) is 0 Å². The second-order valence-electron chi connectivity index (χ2n) is 3.30. The Balaban J connectivity index is 2.60. The van der Waals surface area contributed by atoms with Gasteiger partial charge in [-0.3, -0.25) is 9.59 Å². The molecule has 0 spiro atoms. The summed E-state index contributed by atoms with van der Waals surface area (Å²) in [7, 11) is 0. The van der Waals surface area contributed by atoms with E-state index in [0.29, 0.717) is 12.8 Å². The van der Waals surface area contributed by atoms with Gasteiger partial charge < -0.3 is 5.11 Å². The van der Waals surface area contributed by atoms with Gasteiger partial charge in [-0.2, -0.15) is 0 Å². The maximum Gasteiger partial charge on any atom is 0.310 e. The Morgan fingerprint density at radius 3 is 2.45 bits per heavy atom. The number of rotatable bonds is 3. The summed E-state index contributed by atoms with van der Waals surface area (Å²) in [4.78, 5) is 21.6. The van der Waals surface area contributed by atoms with Crippen molar-refractivity contribution in [1.29, 1.82) is 0 Å². The van der Waals surface area contributed by atoms with E-state index in [1.165, 1.54) is 0 Å². The first kappa shape index (κ1) is 8.24. The summed E-state index contributed by atoms with van der Waals surface area (Å²) in [5.74, 6) is -0.982. The molecule has 1 aliphatic carbocycles. The van der Waals surface area contributed by atoms with Crippen LogP contribution < -0.4 is 0 Å². The number of carboxylic acid groups (broad SMARTS) is 1. The smallest absolute Gasteiger partial charge is 0.310 e. The zero-order chi connectivity index (χ0) is 8.65. The van der Waals surface area contributed by atoms with Crippen molar-refractivity contribution in [2.24, 2.45) is 11.3 Å². The summed E-state index contributed by atoms with van der Waals surface area (Å²) < 4.78 is 0. The van der Waals surface area contributed by atoms with Crippen LogP contribution in [0.3, 0.4) is 0 Å². The summed E-state index contributed by atoms with van der Waals surface area (Å²) in [6.07, 6.45) is 0.975. The number of hydrogen-bond donors (Lipinski definition) is 1. The fourth-order valence-electron chi connectivity index (χ4n) is 1.32. The Bertz CT molecular complexity index is 209. The van der Waals surface area contributed by atoms with Gasteiger partial charge in [-0.05, 0) is 13.3 Å². The average Bonchev–Trinajstić information content (AvgIpc) is 2.63. The minimum atomic E-state index is -0.843. The highest BCUT2D eigenvalue weighted by molar-refractivity contribution is 5.93. The van der Waals surface area contributed by atoms with Crippen LogP contribution in [-0.2, 0) is 9.59 Å². The van der Waals surface area contributed by atoms with Crippen LogP contribution in [0.15, 0.2) is 0 Å². The number of Topliss-reactive ketones (excluding diaryl/α,β-unsaturated/α-hetero) is 1. The summed E-state index contributed by atoms with van der Waals surface area (Å²) in [6.45, 7) is 3.40. The molecule has 0 aromatic rings. The third kappa shape index (κ3) is 1.15. The van der Waals surface area contributed by atoms with Crippen molar-refractivity contribution >= 4 is 11.8 Å². The van der Waals surface area contributed by atoms with Crippen LogP contribution in [0, 0.1) is 11.3 Å². The normalized spacial score (nSPS) is 34.9. The fraction of sp³-hybridized carbons (Fsp3) is 0.750. The Kier molecular flexibility index (Phi) is 1.74. The summed E-state index contributed by atoms with van der Waals surface area (Å²) >= 11 is 0. The van der Waals surface area contributed by atoms with Gasteiger partial charge in [-0.1, -0.05) is 6.92 Å². The highest BCUT2D eigenvalue weighted by Gasteiger charge is 2.59. The van der Waals surface area contributed by atoms with E-state index < -0.39 is 11.4 Å². The molecule has 1 fully saturated rings. The molecule has 1 saturated carbocycles. The predicted molar refractivity (Wildman–Crippen MR) is 39.1 cm³/mol. The summed E-state index contributed by atoms with van der Waals surface area (Å²) in [5.41, 5.74) is -0.743. The van der Waals surface area contributed by atoms with E-state index >= 15 is 0 Å². The first-order valence-electron chi connectivity index (χ1n) is 3.78. The van der Waals surface area contributed by atoms with E-state index in [1.54, 1.807) is 13.8 Å². The van der Waals surface area contributed by atoms with Gasteiger partial charge in [0, 0.05) is 12.3 Å². The molecule has 1 rings (SSSR count). The van der Waals surface area contributed by atoms with Crippen molar-refractivity contribution in [2.45, 2.75) is 26.7 Å². The molecule has 0 heterocycles. The minimum absolute atomic E-state index is 0.0786. The lowest BCUT2D eigenvalue weighted by Crippen LogP contribution is -2.16. The molecule has 0 bridgehead atoms. The third-order valence-electron chi connectivity index (χ3n) is 2.46. The SMILES string of the molecule is CCC(=O)C1CC1(C)C(=O)O. The molecule has 1 aliphatic rings. The van der Waals surface area contributed by atoms with Crippen LogP contribution in [0.25, 0.3) is 0 Å². The number of carbonyl (C=O) groups excluding carboxylic acids is 1. The predicted octanol–water partition coefficient (Wildman–Crippen LogP) is 1.08. The van der Waals surface area contributed by atoms with Gasteiger partial charge >= 0.3 is 5.97 Å². The molecule has 1 N–H and O–H groups in total. The molecule has 0 aliphatic heterocycles. The van der Waals surface area contributed by atoms with Crippen LogP contribution in [0.2, 0.25) is 0 Å². The van der Waals surface area contributed by atoms with Gasteiger partial charge in [-0.15, -0.1) is 0 Å². The molecule has 0 amide bonds. The van der Waals surface area contributed by atoms with Gasteiger partial charge in [0.05, 0.1) is 5.41 Å². The van der Waals surface area contributed by atoms with E-state index in [0.717, 1.165) is 0 Å². The van der Waals surface area contributed by atoms with Crippen LogP contribution in [-0.4, -0.2) is 16.9 Å². The molecular weight excluding hydrogens is 144 g/mol. The standard InChI is InChI=1S/C8H12O3/c1-3-6(9)5-4-8(5,2)7(10)11/h5H,3-4H2,1-2H3,(H,10,11).